The van der Waals surface area contributed by atoms with E-state index in [4.69, 9.17) is 5.73 Å². The lowest BCUT2D eigenvalue weighted by Crippen LogP contribution is -2.52. The van der Waals surface area contributed by atoms with Gasteiger partial charge in [0.2, 0.25) is 0 Å². The Morgan fingerprint density at radius 3 is 2.06 bits per heavy atom. The zero-order chi connectivity index (χ0) is 13.3. The van der Waals surface area contributed by atoms with E-state index in [0.717, 1.165) is 5.56 Å². The first-order valence-electron chi connectivity index (χ1n) is 5.27. The number of halogens is 3. The van der Waals surface area contributed by atoms with E-state index in [1.54, 1.807) is 19.1 Å². The molecule has 0 aliphatic heterocycles. The molecule has 1 rings (SSSR count). The predicted molar refractivity (Wildman–Crippen MR) is 59.4 cm³/mol. The van der Waals surface area contributed by atoms with E-state index < -0.39 is 24.2 Å². The van der Waals surface area contributed by atoms with Crippen molar-refractivity contribution in [2.75, 3.05) is 0 Å². The molecular weight excluding hydrogens is 231 g/mol. The maximum Gasteiger partial charge on any atom is 0.410 e. The molecule has 0 amide bonds. The Bertz CT molecular complexity index is 372. The fourth-order valence-electron chi connectivity index (χ4n) is 1.71. The Kier molecular flexibility index (Phi) is 3.84. The predicted octanol–water partition coefficient (Wildman–Crippen LogP) is 2.48. The van der Waals surface area contributed by atoms with Gasteiger partial charge in [0.05, 0.1) is 6.10 Å². The van der Waals surface area contributed by atoms with Crippen molar-refractivity contribution in [1.29, 1.82) is 0 Å². The monoisotopic (exact) mass is 247 g/mol. The lowest BCUT2D eigenvalue weighted by Gasteiger charge is -2.33. The van der Waals surface area contributed by atoms with Crippen LogP contribution in [0.3, 0.4) is 0 Å². The van der Waals surface area contributed by atoms with Crippen LogP contribution in [-0.2, 0) is 5.54 Å². The first-order valence-corrected chi connectivity index (χ1v) is 5.27. The van der Waals surface area contributed by atoms with Crippen molar-refractivity contribution in [3.8, 4) is 0 Å². The van der Waals surface area contributed by atoms with Crippen LogP contribution < -0.4 is 5.73 Å². The largest absolute Gasteiger partial charge is 0.410 e. The Hall–Kier alpha value is -1.07. The molecule has 0 aliphatic carbocycles. The number of aliphatic hydroxyl groups is 1. The highest BCUT2D eigenvalue weighted by Crippen LogP contribution is 2.40. The molecule has 0 heterocycles. The topological polar surface area (TPSA) is 46.2 Å². The number of benzene rings is 1. The molecule has 0 radical (unpaired) electrons. The van der Waals surface area contributed by atoms with Gasteiger partial charge in [-0.05, 0) is 19.4 Å². The van der Waals surface area contributed by atoms with Gasteiger partial charge in [-0.1, -0.05) is 29.8 Å². The van der Waals surface area contributed by atoms with Crippen LogP contribution in [0.2, 0.25) is 0 Å². The van der Waals surface area contributed by atoms with Crippen LogP contribution in [0.15, 0.2) is 24.3 Å². The molecule has 3 N–H and O–H groups in total. The van der Waals surface area contributed by atoms with Crippen LogP contribution in [0, 0.1) is 6.92 Å². The summed E-state index contributed by atoms with van der Waals surface area (Å²) in [6.07, 6.45) is -6.28. The molecule has 0 saturated carbocycles. The number of aryl methyl sites for hydroxylation is 1. The SMILES string of the molecule is Cc1ccc([C@@](N)(CC(C)O)C(F)(F)F)cc1. The summed E-state index contributed by atoms with van der Waals surface area (Å²) in [5, 5.41) is 9.19. The van der Waals surface area contributed by atoms with Crippen LogP contribution >= 0.6 is 0 Å². The number of nitrogens with two attached hydrogens (primary N) is 1. The van der Waals surface area contributed by atoms with Gasteiger partial charge < -0.3 is 10.8 Å². The van der Waals surface area contributed by atoms with Crippen molar-refractivity contribution in [1.82, 2.24) is 0 Å². The fourth-order valence-corrected chi connectivity index (χ4v) is 1.71. The molecule has 96 valence electrons. The van der Waals surface area contributed by atoms with Crippen LogP contribution in [0.4, 0.5) is 13.2 Å². The van der Waals surface area contributed by atoms with Crippen molar-refractivity contribution in [3.05, 3.63) is 35.4 Å². The summed E-state index contributed by atoms with van der Waals surface area (Å²) in [5.41, 5.74) is 3.78. The molecule has 0 aromatic heterocycles. The van der Waals surface area contributed by atoms with Gasteiger partial charge in [-0.25, -0.2) is 0 Å². The number of rotatable bonds is 3. The molecule has 2 nitrogen and oxygen atoms in total. The summed E-state index contributed by atoms with van der Waals surface area (Å²) in [4.78, 5) is 0. The first-order chi connectivity index (χ1) is 7.67. The Morgan fingerprint density at radius 1 is 1.24 bits per heavy atom. The highest BCUT2D eigenvalue weighted by Gasteiger charge is 2.53. The second-order valence-electron chi connectivity index (χ2n) is 4.39. The van der Waals surface area contributed by atoms with Crippen LogP contribution in [-0.4, -0.2) is 17.4 Å². The van der Waals surface area contributed by atoms with E-state index >= 15 is 0 Å². The highest BCUT2D eigenvalue weighted by molar-refractivity contribution is 5.29. The molecule has 0 fully saturated rings. The van der Waals surface area contributed by atoms with E-state index in [1.165, 1.54) is 19.1 Å². The molecule has 2 atom stereocenters. The summed E-state index contributed by atoms with van der Waals surface area (Å²) >= 11 is 0. The van der Waals surface area contributed by atoms with E-state index in [2.05, 4.69) is 0 Å². The van der Waals surface area contributed by atoms with Crippen molar-refractivity contribution in [2.45, 2.75) is 38.1 Å². The van der Waals surface area contributed by atoms with Gasteiger partial charge in [-0.15, -0.1) is 0 Å². The number of hydrogen-bond acceptors (Lipinski definition) is 2. The van der Waals surface area contributed by atoms with Gasteiger partial charge >= 0.3 is 6.18 Å². The fraction of sp³-hybridized carbons (Fsp3) is 0.500. The van der Waals surface area contributed by atoms with E-state index in [-0.39, 0.29) is 5.56 Å². The van der Waals surface area contributed by atoms with Crippen molar-refractivity contribution < 1.29 is 18.3 Å². The van der Waals surface area contributed by atoms with Crippen molar-refractivity contribution >= 4 is 0 Å². The summed E-state index contributed by atoms with van der Waals surface area (Å²) in [6.45, 7) is 3.08. The molecule has 0 spiro atoms. The third kappa shape index (κ3) is 2.98. The van der Waals surface area contributed by atoms with Crippen LogP contribution in [0.1, 0.15) is 24.5 Å². The zero-order valence-corrected chi connectivity index (χ0v) is 9.75. The Morgan fingerprint density at radius 2 is 1.71 bits per heavy atom. The number of aliphatic hydroxyl groups excluding tert-OH is 1. The minimum atomic E-state index is -4.60. The average Bonchev–Trinajstić information content (AvgIpc) is 2.15. The Balaban J connectivity index is 3.19. The third-order valence-corrected chi connectivity index (χ3v) is 2.69. The van der Waals surface area contributed by atoms with Gasteiger partial charge in [0.1, 0.15) is 5.54 Å². The number of alkyl halides is 3. The van der Waals surface area contributed by atoms with E-state index in [9.17, 15) is 18.3 Å². The van der Waals surface area contributed by atoms with E-state index in [1.807, 2.05) is 0 Å². The third-order valence-electron chi connectivity index (χ3n) is 2.69. The molecule has 5 heteroatoms. The molecule has 0 aliphatic rings. The minimum Gasteiger partial charge on any atom is -0.393 e. The van der Waals surface area contributed by atoms with Crippen molar-refractivity contribution in [3.63, 3.8) is 0 Å². The lowest BCUT2D eigenvalue weighted by atomic mass is 9.84. The minimum absolute atomic E-state index is 0.0310. The molecule has 0 saturated heterocycles. The lowest BCUT2D eigenvalue weighted by molar-refractivity contribution is -0.197. The van der Waals surface area contributed by atoms with Crippen molar-refractivity contribution in [2.24, 2.45) is 5.73 Å². The summed E-state index contributed by atoms with van der Waals surface area (Å²) < 4.78 is 39.0. The second kappa shape index (κ2) is 4.66. The summed E-state index contributed by atoms with van der Waals surface area (Å²) in [5.74, 6) is 0. The zero-order valence-electron chi connectivity index (χ0n) is 9.75. The summed E-state index contributed by atoms with van der Waals surface area (Å²) in [7, 11) is 0. The van der Waals surface area contributed by atoms with E-state index in [0.29, 0.717) is 0 Å². The molecule has 1 aromatic rings. The standard InChI is InChI=1S/C12H16F3NO/c1-8-3-5-10(6-4-8)11(16,7-9(2)17)12(13,14)15/h3-6,9,17H,7,16H2,1-2H3/t9?,11-/m0/s1. The van der Waals surface area contributed by atoms with Gasteiger partial charge in [0, 0.05) is 6.42 Å². The molecule has 17 heavy (non-hydrogen) atoms. The summed E-state index contributed by atoms with van der Waals surface area (Å²) in [6, 6.07) is 5.85. The maximum atomic E-state index is 13.0. The quantitative estimate of drug-likeness (QED) is 0.862. The van der Waals surface area contributed by atoms with Gasteiger partial charge in [-0.3, -0.25) is 0 Å². The van der Waals surface area contributed by atoms with Crippen LogP contribution in [0.5, 0.6) is 0 Å². The van der Waals surface area contributed by atoms with Gasteiger partial charge in [0.25, 0.3) is 0 Å². The smallest absolute Gasteiger partial charge is 0.393 e. The first kappa shape index (κ1) is 14.0. The maximum absolute atomic E-state index is 13.0. The van der Waals surface area contributed by atoms with Gasteiger partial charge in [0.15, 0.2) is 0 Å². The molecule has 1 unspecified atom stereocenters. The average molecular weight is 247 g/mol. The highest BCUT2D eigenvalue weighted by atomic mass is 19.4. The normalized spacial score (nSPS) is 17.6. The second-order valence-corrected chi connectivity index (χ2v) is 4.39. The van der Waals surface area contributed by atoms with Crippen LogP contribution in [0.25, 0.3) is 0 Å². The molecule has 0 bridgehead atoms. The van der Waals surface area contributed by atoms with Gasteiger partial charge in [-0.2, -0.15) is 13.2 Å². The number of hydrogen-bond donors (Lipinski definition) is 2. The molecule has 1 aromatic carbocycles. The molecular formula is C12H16F3NO. The Labute approximate surface area is 98.3 Å².